The van der Waals surface area contributed by atoms with Crippen molar-refractivity contribution < 1.29 is 13.2 Å². The summed E-state index contributed by atoms with van der Waals surface area (Å²) in [6, 6.07) is 2.87. The fraction of sp³-hybridized carbons (Fsp3) is 0.333. The summed E-state index contributed by atoms with van der Waals surface area (Å²) in [6.07, 6.45) is 1.39. The maximum absolute atomic E-state index is 12.4. The van der Waals surface area contributed by atoms with Crippen molar-refractivity contribution in [2.24, 2.45) is 7.05 Å². The van der Waals surface area contributed by atoms with Crippen molar-refractivity contribution >= 4 is 33.3 Å². The molecule has 0 spiro atoms. The number of hydrogen-bond donors (Lipinski definition) is 1. The molecule has 0 bridgehead atoms. The van der Waals surface area contributed by atoms with Crippen LogP contribution in [-0.2, 0) is 23.3 Å². The van der Waals surface area contributed by atoms with Gasteiger partial charge in [-0.3, -0.25) is 10.1 Å². The molecule has 2 rings (SSSR count). The minimum Gasteiger partial charge on any atom is -0.289 e. The Labute approximate surface area is 132 Å². The SMILES string of the molecule is CCc1c(C(=O)Nc2nnnn2C)ccc(Cl)c1S(C)(=O)=O. The second kappa shape index (κ2) is 6.01. The third kappa shape index (κ3) is 3.09. The summed E-state index contributed by atoms with van der Waals surface area (Å²) < 4.78 is 25.1. The molecule has 0 saturated carbocycles. The number of carbonyl (C=O) groups excluding carboxylic acids is 1. The van der Waals surface area contributed by atoms with Gasteiger partial charge in [0.25, 0.3) is 5.91 Å². The van der Waals surface area contributed by atoms with Crippen LogP contribution in [0.25, 0.3) is 0 Å². The molecule has 118 valence electrons. The number of carbonyl (C=O) groups is 1. The first-order valence-corrected chi connectivity index (χ1v) is 8.57. The van der Waals surface area contributed by atoms with Crippen LogP contribution in [0, 0.1) is 0 Å². The van der Waals surface area contributed by atoms with Crippen molar-refractivity contribution in [1.82, 2.24) is 20.2 Å². The molecule has 10 heteroatoms. The summed E-state index contributed by atoms with van der Waals surface area (Å²) in [6.45, 7) is 1.75. The average Bonchev–Trinajstić information content (AvgIpc) is 2.82. The molecule has 1 heterocycles. The molecule has 1 aromatic heterocycles. The van der Waals surface area contributed by atoms with Gasteiger partial charge >= 0.3 is 0 Å². The fourth-order valence-electron chi connectivity index (χ4n) is 2.07. The molecule has 0 unspecified atom stereocenters. The monoisotopic (exact) mass is 343 g/mol. The molecular formula is C12H14ClN5O3S. The van der Waals surface area contributed by atoms with E-state index in [1.165, 1.54) is 16.8 Å². The maximum atomic E-state index is 12.4. The van der Waals surface area contributed by atoms with Crippen LogP contribution in [0.4, 0.5) is 5.95 Å². The predicted octanol–water partition coefficient (Wildman–Crippen LogP) is 1.08. The van der Waals surface area contributed by atoms with Gasteiger partial charge in [0.05, 0.1) is 9.92 Å². The van der Waals surface area contributed by atoms with Crippen LogP contribution < -0.4 is 5.32 Å². The normalized spacial score (nSPS) is 11.5. The minimum absolute atomic E-state index is 0.0274. The zero-order valence-electron chi connectivity index (χ0n) is 12.2. The van der Waals surface area contributed by atoms with E-state index < -0.39 is 15.7 Å². The molecule has 0 atom stereocenters. The van der Waals surface area contributed by atoms with E-state index in [0.717, 1.165) is 6.26 Å². The number of amides is 1. The molecule has 0 aliphatic carbocycles. The number of rotatable bonds is 4. The first kappa shape index (κ1) is 16.4. The molecule has 1 aromatic carbocycles. The van der Waals surface area contributed by atoms with E-state index in [4.69, 9.17) is 11.6 Å². The highest BCUT2D eigenvalue weighted by atomic mass is 35.5. The van der Waals surface area contributed by atoms with Crippen LogP contribution in [-0.4, -0.2) is 40.8 Å². The summed E-state index contributed by atoms with van der Waals surface area (Å²) in [5.74, 6) is -0.348. The van der Waals surface area contributed by atoms with Gasteiger partial charge in [-0.15, -0.1) is 0 Å². The standard InChI is InChI=1S/C12H14ClN5O3S/c1-4-7-8(5-6-9(13)10(7)22(3,20)21)11(19)14-12-15-16-17-18(12)2/h5-6H,4H2,1-3H3,(H,14,15,17,19). The maximum Gasteiger partial charge on any atom is 0.258 e. The number of sulfone groups is 1. The largest absolute Gasteiger partial charge is 0.289 e. The van der Waals surface area contributed by atoms with Gasteiger partial charge in [0.15, 0.2) is 9.84 Å². The summed E-state index contributed by atoms with van der Waals surface area (Å²) in [5.41, 5.74) is 0.581. The minimum atomic E-state index is -3.56. The Balaban J connectivity index is 2.52. The first-order chi connectivity index (χ1) is 10.3. The molecule has 0 fully saturated rings. The van der Waals surface area contributed by atoms with Crippen LogP contribution in [0.3, 0.4) is 0 Å². The summed E-state index contributed by atoms with van der Waals surface area (Å²) in [4.78, 5) is 12.3. The van der Waals surface area contributed by atoms with Crippen LogP contribution in [0.1, 0.15) is 22.8 Å². The van der Waals surface area contributed by atoms with E-state index in [9.17, 15) is 13.2 Å². The van der Waals surface area contributed by atoms with Crippen molar-refractivity contribution in [2.75, 3.05) is 11.6 Å². The van der Waals surface area contributed by atoms with Gasteiger partial charge in [0.2, 0.25) is 5.95 Å². The number of benzene rings is 1. The molecule has 0 radical (unpaired) electrons. The third-order valence-corrected chi connectivity index (χ3v) is 4.66. The Morgan fingerprint density at radius 2 is 2.09 bits per heavy atom. The lowest BCUT2D eigenvalue weighted by Crippen LogP contribution is -2.19. The number of nitrogens with one attached hydrogen (secondary N) is 1. The molecule has 0 aliphatic rings. The summed E-state index contributed by atoms with van der Waals surface area (Å²) in [5, 5.41) is 13.3. The molecular weight excluding hydrogens is 330 g/mol. The van der Waals surface area contributed by atoms with Crippen molar-refractivity contribution in [2.45, 2.75) is 18.2 Å². The van der Waals surface area contributed by atoms with Gasteiger partial charge in [0.1, 0.15) is 0 Å². The van der Waals surface area contributed by atoms with Crippen LogP contribution >= 0.6 is 11.6 Å². The van der Waals surface area contributed by atoms with E-state index in [1.54, 1.807) is 14.0 Å². The second-order valence-corrected chi connectivity index (χ2v) is 6.97. The van der Waals surface area contributed by atoms with Gasteiger partial charge < -0.3 is 0 Å². The third-order valence-electron chi connectivity index (χ3n) is 3.03. The van der Waals surface area contributed by atoms with Crippen molar-refractivity contribution in [1.29, 1.82) is 0 Å². The zero-order valence-corrected chi connectivity index (χ0v) is 13.7. The van der Waals surface area contributed by atoms with E-state index in [0.29, 0.717) is 12.0 Å². The molecule has 1 N–H and O–H groups in total. The number of nitrogens with zero attached hydrogens (tertiary/aromatic N) is 4. The van der Waals surface area contributed by atoms with Crippen LogP contribution in [0.5, 0.6) is 0 Å². The number of aryl methyl sites for hydroxylation is 1. The Hall–Kier alpha value is -2.00. The van der Waals surface area contributed by atoms with Crippen molar-refractivity contribution in [3.63, 3.8) is 0 Å². The summed E-state index contributed by atoms with van der Waals surface area (Å²) >= 11 is 5.99. The first-order valence-electron chi connectivity index (χ1n) is 6.30. The Morgan fingerprint density at radius 1 is 1.41 bits per heavy atom. The van der Waals surface area contributed by atoms with Crippen LogP contribution in [0.15, 0.2) is 17.0 Å². The van der Waals surface area contributed by atoms with Gasteiger partial charge in [-0.2, -0.15) is 0 Å². The number of anilines is 1. The lowest BCUT2D eigenvalue weighted by molar-refractivity contribution is 0.102. The van der Waals surface area contributed by atoms with Gasteiger partial charge in [0, 0.05) is 18.9 Å². The lowest BCUT2D eigenvalue weighted by atomic mass is 10.0. The van der Waals surface area contributed by atoms with E-state index in [2.05, 4.69) is 20.8 Å². The smallest absolute Gasteiger partial charge is 0.258 e. The van der Waals surface area contributed by atoms with Gasteiger partial charge in [-0.1, -0.05) is 23.6 Å². The second-order valence-electron chi connectivity index (χ2n) is 4.61. The molecule has 1 amide bonds. The Kier molecular flexibility index (Phi) is 4.47. The molecule has 22 heavy (non-hydrogen) atoms. The van der Waals surface area contributed by atoms with E-state index >= 15 is 0 Å². The highest BCUT2D eigenvalue weighted by Crippen LogP contribution is 2.29. The van der Waals surface area contributed by atoms with Crippen molar-refractivity contribution in [3.8, 4) is 0 Å². The number of aromatic nitrogens is 4. The van der Waals surface area contributed by atoms with E-state index in [-0.39, 0.29) is 21.4 Å². The molecule has 0 saturated heterocycles. The average molecular weight is 344 g/mol. The van der Waals surface area contributed by atoms with Gasteiger partial charge in [-0.25, -0.2) is 13.1 Å². The molecule has 8 nitrogen and oxygen atoms in total. The quantitative estimate of drug-likeness (QED) is 0.890. The van der Waals surface area contributed by atoms with E-state index in [1.807, 2.05) is 0 Å². The summed E-state index contributed by atoms with van der Waals surface area (Å²) in [7, 11) is -1.99. The Morgan fingerprint density at radius 3 is 2.59 bits per heavy atom. The number of halogens is 1. The highest BCUT2D eigenvalue weighted by Gasteiger charge is 2.23. The predicted molar refractivity (Wildman–Crippen MR) is 80.7 cm³/mol. The lowest BCUT2D eigenvalue weighted by Gasteiger charge is -2.13. The molecule has 0 aliphatic heterocycles. The number of hydrogen-bond acceptors (Lipinski definition) is 6. The van der Waals surface area contributed by atoms with Crippen LogP contribution in [0.2, 0.25) is 5.02 Å². The van der Waals surface area contributed by atoms with Crippen molar-refractivity contribution in [3.05, 3.63) is 28.3 Å². The molecule has 2 aromatic rings. The topological polar surface area (TPSA) is 107 Å². The fourth-order valence-corrected chi connectivity index (χ4v) is 3.79. The highest BCUT2D eigenvalue weighted by molar-refractivity contribution is 7.90. The Bertz CT molecular complexity index is 831. The van der Waals surface area contributed by atoms with Gasteiger partial charge in [-0.05, 0) is 34.5 Å². The zero-order chi connectivity index (χ0) is 16.5. The number of tetrazole rings is 1.